The Balaban J connectivity index is 1.30. The number of anilines is 1. The van der Waals surface area contributed by atoms with E-state index in [9.17, 15) is 5.11 Å². The van der Waals surface area contributed by atoms with Gasteiger partial charge in [-0.25, -0.2) is 9.97 Å². The van der Waals surface area contributed by atoms with Crippen LogP contribution in [0.5, 0.6) is 0 Å². The van der Waals surface area contributed by atoms with Crippen molar-refractivity contribution in [1.29, 1.82) is 0 Å². The van der Waals surface area contributed by atoms with Gasteiger partial charge < -0.3 is 20.6 Å². The van der Waals surface area contributed by atoms with Crippen LogP contribution >= 0.6 is 0 Å². The molecule has 1 aliphatic heterocycles. The molecule has 7 heteroatoms. The lowest BCUT2D eigenvalue weighted by molar-refractivity contribution is -0.115. The smallest absolute Gasteiger partial charge is 0.225 e. The van der Waals surface area contributed by atoms with Crippen molar-refractivity contribution in [2.75, 3.05) is 44.2 Å². The summed E-state index contributed by atoms with van der Waals surface area (Å²) >= 11 is 0. The van der Waals surface area contributed by atoms with Crippen LogP contribution in [0.4, 0.5) is 5.95 Å². The van der Waals surface area contributed by atoms with E-state index in [0.717, 1.165) is 45.0 Å². The quantitative estimate of drug-likeness (QED) is 0.622. The van der Waals surface area contributed by atoms with Gasteiger partial charge in [0.1, 0.15) is 0 Å². The largest absolute Gasteiger partial charge is 0.396 e. The summed E-state index contributed by atoms with van der Waals surface area (Å²) in [5.74, 6) is 1.38. The molecule has 3 aliphatic rings. The Morgan fingerprint density at radius 1 is 1.16 bits per heavy atom. The van der Waals surface area contributed by atoms with Gasteiger partial charge in [-0.3, -0.25) is 4.99 Å². The molecule has 0 bridgehead atoms. The highest BCUT2D eigenvalue weighted by Gasteiger charge is 2.56. The zero-order chi connectivity index (χ0) is 17.3. The number of aromatic nitrogens is 2. The molecule has 0 amide bonds. The normalized spacial score (nSPS) is 24.8. The monoisotopic (exact) mass is 344 g/mol. The van der Waals surface area contributed by atoms with Gasteiger partial charge in [0.05, 0.1) is 13.2 Å². The van der Waals surface area contributed by atoms with E-state index in [4.69, 9.17) is 5.73 Å². The summed E-state index contributed by atoms with van der Waals surface area (Å²) < 4.78 is 0. The standard InChI is InChI=1S/C18H28N6O/c19-15(22-13-18(14-25)11-17(12-18)3-1-4-17)23-7-9-24(10-8-23)16-20-5-2-6-21-16/h2,5-6,25H,1,3-4,7-14H2,(H2,19,22). The predicted octanol–water partition coefficient (Wildman–Crippen LogP) is 0.856. The molecule has 1 aromatic heterocycles. The first-order chi connectivity index (χ1) is 12.1. The first-order valence-electron chi connectivity index (χ1n) is 9.32. The summed E-state index contributed by atoms with van der Waals surface area (Å²) in [7, 11) is 0. The average Bonchev–Trinajstić information content (AvgIpc) is 2.60. The van der Waals surface area contributed by atoms with Gasteiger partial charge in [-0.05, 0) is 37.2 Å². The van der Waals surface area contributed by atoms with Crippen LogP contribution in [0.1, 0.15) is 32.1 Å². The van der Waals surface area contributed by atoms with Crippen LogP contribution in [0.25, 0.3) is 0 Å². The molecule has 4 rings (SSSR count). The Hall–Kier alpha value is -1.89. The Labute approximate surface area is 149 Å². The zero-order valence-corrected chi connectivity index (χ0v) is 14.8. The predicted molar refractivity (Wildman–Crippen MR) is 97.3 cm³/mol. The molecule has 7 nitrogen and oxygen atoms in total. The van der Waals surface area contributed by atoms with E-state index in [1.54, 1.807) is 12.4 Å². The molecule has 0 radical (unpaired) electrons. The molecular weight excluding hydrogens is 316 g/mol. The Morgan fingerprint density at radius 3 is 2.40 bits per heavy atom. The fraction of sp³-hybridized carbons (Fsp3) is 0.722. The maximum Gasteiger partial charge on any atom is 0.225 e. The number of hydrogen-bond donors (Lipinski definition) is 2. The number of rotatable bonds is 4. The first-order valence-corrected chi connectivity index (χ1v) is 9.32. The van der Waals surface area contributed by atoms with Crippen molar-refractivity contribution in [2.24, 2.45) is 21.6 Å². The van der Waals surface area contributed by atoms with Crippen LogP contribution in [-0.4, -0.2) is 65.3 Å². The number of aliphatic hydroxyl groups excluding tert-OH is 1. The number of piperazine rings is 1. The summed E-state index contributed by atoms with van der Waals surface area (Å²) in [5.41, 5.74) is 6.74. The summed E-state index contributed by atoms with van der Waals surface area (Å²) in [6, 6.07) is 1.83. The SMILES string of the molecule is NC(=NCC1(CO)CC2(CCC2)C1)N1CCN(c2ncccn2)CC1. The van der Waals surface area contributed by atoms with E-state index in [1.807, 2.05) is 6.07 Å². The van der Waals surface area contributed by atoms with E-state index < -0.39 is 0 Å². The van der Waals surface area contributed by atoms with Gasteiger partial charge in [-0.2, -0.15) is 0 Å². The minimum atomic E-state index is -0.0231. The minimum absolute atomic E-state index is 0.0231. The van der Waals surface area contributed by atoms with E-state index >= 15 is 0 Å². The fourth-order valence-electron chi connectivity index (χ4n) is 4.78. The fourth-order valence-corrected chi connectivity index (χ4v) is 4.78. The van der Waals surface area contributed by atoms with Gasteiger partial charge in [0.25, 0.3) is 0 Å². The van der Waals surface area contributed by atoms with Crippen molar-refractivity contribution in [1.82, 2.24) is 14.9 Å². The first kappa shape index (κ1) is 16.6. The number of guanidine groups is 1. The molecule has 1 aromatic rings. The summed E-state index contributed by atoms with van der Waals surface area (Å²) in [6.07, 6.45) is 9.79. The molecule has 0 unspecified atom stereocenters. The molecule has 3 N–H and O–H groups in total. The van der Waals surface area contributed by atoms with E-state index in [1.165, 1.54) is 19.3 Å². The third-order valence-corrected chi connectivity index (χ3v) is 6.26. The van der Waals surface area contributed by atoms with Crippen LogP contribution < -0.4 is 10.6 Å². The maximum absolute atomic E-state index is 9.83. The van der Waals surface area contributed by atoms with Crippen LogP contribution in [0.3, 0.4) is 0 Å². The van der Waals surface area contributed by atoms with Crippen molar-refractivity contribution in [3.63, 3.8) is 0 Å². The molecule has 2 saturated carbocycles. The van der Waals surface area contributed by atoms with Gasteiger partial charge in [-0.15, -0.1) is 0 Å². The van der Waals surface area contributed by atoms with E-state index in [2.05, 4.69) is 24.8 Å². The zero-order valence-electron chi connectivity index (χ0n) is 14.8. The topological polar surface area (TPSA) is 90.9 Å². The molecule has 136 valence electrons. The number of hydrogen-bond acceptors (Lipinski definition) is 5. The van der Waals surface area contributed by atoms with Crippen molar-refractivity contribution in [2.45, 2.75) is 32.1 Å². The van der Waals surface area contributed by atoms with Crippen LogP contribution in [-0.2, 0) is 0 Å². The molecule has 2 heterocycles. The second-order valence-corrected chi connectivity index (χ2v) is 8.06. The molecule has 0 aromatic carbocycles. The van der Waals surface area contributed by atoms with Crippen molar-refractivity contribution in [3.05, 3.63) is 18.5 Å². The Kier molecular flexibility index (Phi) is 4.27. The lowest BCUT2D eigenvalue weighted by atomic mass is 9.45. The van der Waals surface area contributed by atoms with Gasteiger partial charge in [-0.1, -0.05) is 6.42 Å². The molecular formula is C18H28N6O. The summed E-state index contributed by atoms with van der Waals surface area (Å²) in [5, 5.41) is 9.83. The Morgan fingerprint density at radius 2 is 1.84 bits per heavy atom. The van der Waals surface area contributed by atoms with E-state index in [-0.39, 0.29) is 12.0 Å². The average molecular weight is 344 g/mol. The molecule has 3 fully saturated rings. The van der Waals surface area contributed by atoms with Crippen molar-refractivity contribution in [3.8, 4) is 0 Å². The molecule has 2 aliphatic carbocycles. The highest BCUT2D eigenvalue weighted by atomic mass is 16.3. The van der Waals surface area contributed by atoms with Crippen LogP contribution in [0.2, 0.25) is 0 Å². The number of nitrogens with zero attached hydrogens (tertiary/aromatic N) is 5. The second-order valence-electron chi connectivity index (χ2n) is 8.06. The summed E-state index contributed by atoms with van der Waals surface area (Å²) in [4.78, 5) is 17.6. The lowest BCUT2D eigenvalue weighted by Crippen LogP contribution is -2.55. The Bertz CT molecular complexity index is 614. The highest BCUT2D eigenvalue weighted by Crippen LogP contribution is 2.64. The molecule has 1 spiro atoms. The number of aliphatic imine (C=N–C) groups is 1. The second kappa shape index (κ2) is 6.44. The molecule has 0 atom stereocenters. The van der Waals surface area contributed by atoms with Gasteiger partial charge in [0.2, 0.25) is 5.95 Å². The third-order valence-electron chi connectivity index (χ3n) is 6.26. The third kappa shape index (κ3) is 3.17. The summed E-state index contributed by atoms with van der Waals surface area (Å²) in [6.45, 7) is 4.21. The highest BCUT2D eigenvalue weighted by molar-refractivity contribution is 5.78. The minimum Gasteiger partial charge on any atom is -0.396 e. The maximum atomic E-state index is 9.83. The van der Waals surface area contributed by atoms with Crippen molar-refractivity contribution >= 4 is 11.9 Å². The number of nitrogens with two attached hydrogens (primary N) is 1. The van der Waals surface area contributed by atoms with Crippen LogP contribution in [0, 0.1) is 10.8 Å². The van der Waals surface area contributed by atoms with Gasteiger partial charge in [0, 0.05) is 44.0 Å². The molecule has 1 saturated heterocycles. The van der Waals surface area contributed by atoms with Crippen molar-refractivity contribution < 1.29 is 5.11 Å². The van der Waals surface area contributed by atoms with Crippen LogP contribution in [0.15, 0.2) is 23.5 Å². The number of aliphatic hydroxyl groups is 1. The lowest BCUT2D eigenvalue weighted by Gasteiger charge is -2.60. The van der Waals surface area contributed by atoms with Gasteiger partial charge >= 0.3 is 0 Å². The van der Waals surface area contributed by atoms with Gasteiger partial charge in [0.15, 0.2) is 5.96 Å². The van der Waals surface area contributed by atoms with E-state index in [0.29, 0.717) is 17.9 Å². The molecule has 25 heavy (non-hydrogen) atoms.